The average Bonchev–Trinajstić information content (AvgIpc) is 2.81. The Labute approximate surface area is 115 Å². The Morgan fingerprint density at radius 3 is 2.47 bits per heavy atom. The van der Waals surface area contributed by atoms with Gasteiger partial charge in [-0.15, -0.1) is 0 Å². The van der Waals surface area contributed by atoms with Crippen molar-refractivity contribution in [2.45, 2.75) is 52.9 Å². The number of rotatable bonds is 3. The van der Waals surface area contributed by atoms with Crippen LogP contribution >= 0.6 is 0 Å². The number of furan rings is 1. The third-order valence-corrected chi connectivity index (χ3v) is 4.74. The van der Waals surface area contributed by atoms with Crippen molar-refractivity contribution in [3.63, 3.8) is 0 Å². The molecule has 2 rings (SSSR count). The lowest BCUT2D eigenvalue weighted by molar-refractivity contribution is -0.152. The van der Waals surface area contributed by atoms with Crippen LogP contribution in [0.5, 0.6) is 0 Å². The summed E-state index contributed by atoms with van der Waals surface area (Å²) >= 11 is 0. The van der Waals surface area contributed by atoms with Gasteiger partial charge in [0.15, 0.2) is 0 Å². The second-order valence-corrected chi connectivity index (χ2v) is 7.03. The summed E-state index contributed by atoms with van der Waals surface area (Å²) in [6.45, 7) is 6.75. The zero-order chi connectivity index (χ0) is 14.1. The molecule has 0 saturated heterocycles. The van der Waals surface area contributed by atoms with E-state index in [-0.39, 0.29) is 5.41 Å². The Hall–Kier alpha value is -1.25. The van der Waals surface area contributed by atoms with E-state index < -0.39 is 11.4 Å². The maximum Gasteiger partial charge on any atom is 0.309 e. The number of carboxylic acid groups (broad SMARTS) is 1. The number of hydrogen-bond donors (Lipinski definition) is 1. The van der Waals surface area contributed by atoms with Gasteiger partial charge in [-0.1, -0.05) is 20.8 Å². The van der Waals surface area contributed by atoms with E-state index >= 15 is 0 Å². The molecule has 0 bridgehead atoms. The second-order valence-electron chi connectivity index (χ2n) is 7.03. The molecule has 1 aromatic heterocycles. The summed E-state index contributed by atoms with van der Waals surface area (Å²) in [4.78, 5) is 11.7. The highest BCUT2D eigenvalue weighted by molar-refractivity contribution is 5.75. The van der Waals surface area contributed by atoms with Crippen molar-refractivity contribution in [2.24, 2.45) is 16.7 Å². The molecule has 1 aliphatic rings. The Morgan fingerprint density at radius 2 is 2.05 bits per heavy atom. The zero-order valence-electron chi connectivity index (χ0n) is 12.1. The van der Waals surface area contributed by atoms with E-state index in [1.54, 1.807) is 12.5 Å². The quantitative estimate of drug-likeness (QED) is 0.893. The topological polar surface area (TPSA) is 50.4 Å². The fourth-order valence-electron chi connectivity index (χ4n) is 3.29. The highest BCUT2D eigenvalue weighted by Crippen LogP contribution is 2.47. The van der Waals surface area contributed by atoms with Gasteiger partial charge in [0.05, 0.1) is 17.9 Å². The van der Waals surface area contributed by atoms with Gasteiger partial charge in [0.25, 0.3) is 0 Å². The van der Waals surface area contributed by atoms with E-state index in [4.69, 9.17) is 4.42 Å². The average molecular weight is 264 g/mol. The Kier molecular flexibility index (Phi) is 3.75. The van der Waals surface area contributed by atoms with E-state index in [2.05, 4.69) is 20.8 Å². The molecule has 0 unspecified atom stereocenters. The highest BCUT2D eigenvalue weighted by atomic mass is 16.4. The Morgan fingerprint density at radius 1 is 1.42 bits per heavy atom. The van der Waals surface area contributed by atoms with Crippen LogP contribution in [-0.4, -0.2) is 11.1 Å². The number of aliphatic carboxylic acids is 1. The minimum Gasteiger partial charge on any atom is -0.481 e. The molecule has 1 fully saturated rings. The number of carboxylic acids is 1. The van der Waals surface area contributed by atoms with E-state index in [0.29, 0.717) is 12.3 Å². The van der Waals surface area contributed by atoms with Crippen molar-refractivity contribution >= 4 is 5.97 Å². The monoisotopic (exact) mass is 264 g/mol. The molecule has 3 nitrogen and oxygen atoms in total. The van der Waals surface area contributed by atoms with Gasteiger partial charge in [0.2, 0.25) is 0 Å². The van der Waals surface area contributed by atoms with Gasteiger partial charge in [0.1, 0.15) is 0 Å². The van der Waals surface area contributed by atoms with Gasteiger partial charge >= 0.3 is 5.97 Å². The molecule has 0 aliphatic heterocycles. The summed E-state index contributed by atoms with van der Waals surface area (Å²) < 4.78 is 5.06. The molecule has 3 heteroatoms. The van der Waals surface area contributed by atoms with E-state index in [1.807, 2.05) is 6.07 Å². The molecule has 0 amide bonds. The van der Waals surface area contributed by atoms with Gasteiger partial charge in [0, 0.05) is 0 Å². The van der Waals surface area contributed by atoms with Crippen LogP contribution in [0.3, 0.4) is 0 Å². The van der Waals surface area contributed by atoms with Gasteiger partial charge in [-0.25, -0.2) is 0 Å². The van der Waals surface area contributed by atoms with Gasteiger partial charge < -0.3 is 9.52 Å². The van der Waals surface area contributed by atoms with Gasteiger partial charge in [-0.2, -0.15) is 0 Å². The van der Waals surface area contributed by atoms with E-state index in [9.17, 15) is 9.90 Å². The summed E-state index contributed by atoms with van der Waals surface area (Å²) in [7, 11) is 0. The first-order valence-electron chi connectivity index (χ1n) is 7.08. The third-order valence-electron chi connectivity index (χ3n) is 4.74. The van der Waals surface area contributed by atoms with Gasteiger partial charge in [-0.3, -0.25) is 4.79 Å². The SMILES string of the molecule is CC(C)(C)C1CCC(Cc2ccoc2)(C(=O)O)CC1. The lowest BCUT2D eigenvalue weighted by Crippen LogP contribution is -2.39. The van der Waals surface area contributed by atoms with E-state index in [1.165, 1.54) is 0 Å². The van der Waals surface area contributed by atoms with Crippen molar-refractivity contribution < 1.29 is 14.3 Å². The molecular formula is C16H24O3. The smallest absolute Gasteiger partial charge is 0.309 e. The lowest BCUT2D eigenvalue weighted by atomic mass is 9.62. The second kappa shape index (κ2) is 5.03. The molecule has 0 radical (unpaired) electrons. The molecule has 1 heterocycles. The standard InChI is InChI=1S/C16H24O3/c1-15(2,3)13-4-7-16(8-5-13,14(17)18)10-12-6-9-19-11-12/h6,9,11,13H,4-5,7-8,10H2,1-3H3,(H,17,18). The molecule has 0 spiro atoms. The molecule has 106 valence electrons. The van der Waals surface area contributed by atoms with Crippen LogP contribution in [0.25, 0.3) is 0 Å². The highest BCUT2D eigenvalue weighted by Gasteiger charge is 2.44. The van der Waals surface area contributed by atoms with Crippen LogP contribution in [0, 0.1) is 16.7 Å². The Balaban J connectivity index is 2.09. The zero-order valence-corrected chi connectivity index (χ0v) is 12.1. The fraction of sp³-hybridized carbons (Fsp3) is 0.688. The van der Waals surface area contributed by atoms with Crippen molar-refractivity contribution in [1.82, 2.24) is 0 Å². The summed E-state index contributed by atoms with van der Waals surface area (Å²) in [5, 5.41) is 9.65. The maximum absolute atomic E-state index is 11.7. The van der Waals surface area contributed by atoms with Crippen LogP contribution < -0.4 is 0 Å². The first-order chi connectivity index (χ1) is 8.83. The first kappa shape index (κ1) is 14.2. The fourth-order valence-corrected chi connectivity index (χ4v) is 3.29. The minimum atomic E-state index is -0.652. The molecule has 19 heavy (non-hydrogen) atoms. The summed E-state index contributed by atoms with van der Waals surface area (Å²) in [5.41, 5.74) is 0.683. The van der Waals surface area contributed by atoms with Crippen molar-refractivity contribution in [3.8, 4) is 0 Å². The van der Waals surface area contributed by atoms with Crippen LogP contribution in [0.4, 0.5) is 0 Å². The summed E-state index contributed by atoms with van der Waals surface area (Å²) in [5.74, 6) is -0.0228. The normalized spacial score (nSPS) is 28.3. The van der Waals surface area contributed by atoms with Crippen LogP contribution in [0.1, 0.15) is 52.0 Å². The maximum atomic E-state index is 11.7. The molecule has 0 aromatic carbocycles. The molecule has 1 aliphatic carbocycles. The van der Waals surface area contributed by atoms with Crippen LogP contribution in [-0.2, 0) is 11.2 Å². The third kappa shape index (κ3) is 3.02. The predicted octanol–water partition coefficient (Wildman–Crippen LogP) is 4.13. The first-order valence-corrected chi connectivity index (χ1v) is 7.08. The number of carbonyl (C=O) groups is 1. The van der Waals surface area contributed by atoms with Crippen LogP contribution in [0.15, 0.2) is 23.0 Å². The van der Waals surface area contributed by atoms with Crippen molar-refractivity contribution in [2.75, 3.05) is 0 Å². The number of hydrogen-bond acceptors (Lipinski definition) is 2. The summed E-state index contributed by atoms with van der Waals surface area (Å²) in [6, 6.07) is 1.88. The predicted molar refractivity (Wildman–Crippen MR) is 73.9 cm³/mol. The molecule has 0 atom stereocenters. The lowest BCUT2D eigenvalue weighted by Gasteiger charge is -2.41. The Bertz CT molecular complexity index is 417. The van der Waals surface area contributed by atoms with Crippen LogP contribution in [0.2, 0.25) is 0 Å². The summed E-state index contributed by atoms with van der Waals surface area (Å²) in [6.07, 6.45) is 7.44. The molecule has 1 saturated carbocycles. The van der Waals surface area contributed by atoms with Crippen molar-refractivity contribution in [1.29, 1.82) is 0 Å². The van der Waals surface area contributed by atoms with E-state index in [0.717, 1.165) is 31.2 Å². The minimum absolute atomic E-state index is 0.278. The van der Waals surface area contributed by atoms with Gasteiger partial charge in [-0.05, 0) is 55.1 Å². The molecule has 1 aromatic rings. The largest absolute Gasteiger partial charge is 0.481 e. The molecular weight excluding hydrogens is 240 g/mol. The molecule has 1 N–H and O–H groups in total. The van der Waals surface area contributed by atoms with Crippen molar-refractivity contribution in [3.05, 3.63) is 24.2 Å².